The highest BCUT2D eigenvalue weighted by Gasteiger charge is 2.48. The van der Waals surface area contributed by atoms with Gasteiger partial charge in [0.15, 0.2) is 0 Å². The molecule has 6 heteroatoms. The molecule has 3 unspecified atom stereocenters. The molecular formula is C16H19ClN4O. The first-order valence-corrected chi connectivity index (χ1v) is 8.25. The van der Waals surface area contributed by atoms with Crippen LogP contribution in [0.3, 0.4) is 0 Å². The average molecular weight is 319 g/mol. The molecule has 4 rings (SSSR count). The third-order valence-corrected chi connectivity index (χ3v) is 5.31. The Morgan fingerprint density at radius 3 is 2.95 bits per heavy atom. The van der Waals surface area contributed by atoms with Crippen LogP contribution in [0, 0.1) is 5.92 Å². The summed E-state index contributed by atoms with van der Waals surface area (Å²) in [5.41, 5.74) is 4.36. The highest BCUT2D eigenvalue weighted by atomic mass is 35.5. The maximum Gasteiger partial charge on any atom is 0.267 e. The predicted molar refractivity (Wildman–Crippen MR) is 85.0 cm³/mol. The first-order chi connectivity index (χ1) is 10.7. The lowest BCUT2D eigenvalue weighted by molar-refractivity contribution is -0.138. The van der Waals surface area contributed by atoms with Crippen LogP contribution >= 0.6 is 11.6 Å². The highest BCUT2D eigenvalue weighted by Crippen LogP contribution is 2.36. The third-order valence-electron chi connectivity index (χ3n) is 4.94. The van der Waals surface area contributed by atoms with Gasteiger partial charge in [0, 0.05) is 17.0 Å². The van der Waals surface area contributed by atoms with Crippen molar-refractivity contribution in [2.24, 2.45) is 11.0 Å². The van der Waals surface area contributed by atoms with Gasteiger partial charge in [0.25, 0.3) is 5.91 Å². The third kappa shape index (κ3) is 2.29. The van der Waals surface area contributed by atoms with E-state index in [1.807, 2.05) is 29.3 Å². The molecule has 1 aromatic carbocycles. The second-order valence-electron chi connectivity index (χ2n) is 6.25. The molecule has 22 heavy (non-hydrogen) atoms. The van der Waals surface area contributed by atoms with E-state index in [1.54, 1.807) is 11.3 Å². The van der Waals surface area contributed by atoms with Gasteiger partial charge >= 0.3 is 0 Å². The van der Waals surface area contributed by atoms with Crippen LogP contribution < -0.4 is 5.43 Å². The molecule has 1 aliphatic carbocycles. The van der Waals surface area contributed by atoms with E-state index < -0.39 is 0 Å². The fraction of sp³-hybridized carbons (Fsp3) is 0.500. The SMILES string of the molecule is O=C1C2C3CCCCC3NN2C=NN1Cc1ccccc1Cl. The van der Waals surface area contributed by atoms with Crippen LogP contribution in [0.15, 0.2) is 29.4 Å². The van der Waals surface area contributed by atoms with Crippen LogP contribution in [0.25, 0.3) is 0 Å². The van der Waals surface area contributed by atoms with Crippen LogP contribution in [0.1, 0.15) is 31.2 Å². The number of nitrogens with one attached hydrogen (secondary N) is 1. The van der Waals surface area contributed by atoms with Gasteiger partial charge in [-0.15, -0.1) is 0 Å². The quantitative estimate of drug-likeness (QED) is 0.910. The number of benzene rings is 1. The normalized spacial score (nSPS) is 30.4. The number of hydrazine groups is 1. The minimum absolute atomic E-state index is 0.0734. The van der Waals surface area contributed by atoms with Crippen molar-refractivity contribution < 1.29 is 4.79 Å². The number of hydrazone groups is 1. The van der Waals surface area contributed by atoms with Gasteiger partial charge in [0.1, 0.15) is 12.4 Å². The number of amides is 1. The summed E-state index contributed by atoms with van der Waals surface area (Å²) in [6, 6.07) is 7.89. The summed E-state index contributed by atoms with van der Waals surface area (Å²) in [5, 5.41) is 8.45. The smallest absolute Gasteiger partial charge is 0.267 e. The maximum atomic E-state index is 12.9. The molecule has 1 saturated heterocycles. The van der Waals surface area contributed by atoms with Crippen molar-refractivity contribution in [2.45, 2.75) is 44.3 Å². The number of carbonyl (C=O) groups is 1. The van der Waals surface area contributed by atoms with E-state index in [0.29, 0.717) is 23.5 Å². The first kappa shape index (κ1) is 14.0. The highest BCUT2D eigenvalue weighted by molar-refractivity contribution is 6.31. The second kappa shape index (κ2) is 5.56. The molecule has 3 atom stereocenters. The molecule has 5 nitrogen and oxygen atoms in total. The molecule has 1 saturated carbocycles. The molecule has 116 valence electrons. The van der Waals surface area contributed by atoms with Crippen LogP contribution in [-0.2, 0) is 11.3 Å². The number of carbonyl (C=O) groups excluding carboxylic acids is 1. The zero-order valence-corrected chi connectivity index (χ0v) is 13.0. The maximum absolute atomic E-state index is 12.9. The number of hydrogen-bond acceptors (Lipinski definition) is 4. The van der Waals surface area contributed by atoms with E-state index in [1.165, 1.54) is 12.8 Å². The molecule has 3 aliphatic rings. The zero-order chi connectivity index (χ0) is 15.1. The fourth-order valence-electron chi connectivity index (χ4n) is 3.82. The Labute approximate surface area is 134 Å². The number of fused-ring (bicyclic) bond motifs is 3. The largest absolute Gasteiger partial charge is 0.283 e. The molecule has 2 aliphatic heterocycles. The van der Waals surface area contributed by atoms with Crippen LogP contribution in [0.4, 0.5) is 0 Å². The van der Waals surface area contributed by atoms with Crippen molar-refractivity contribution in [3.05, 3.63) is 34.9 Å². The first-order valence-electron chi connectivity index (χ1n) is 7.87. The lowest BCUT2D eigenvalue weighted by Gasteiger charge is -2.33. The monoisotopic (exact) mass is 318 g/mol. The van der Waals surface area contributed by atoms with Gasteiger partial charge in [-0.25, -0.2) is 10.4 Å². The van der Waals surface area contributed by atoms with E-state index in [0.717, 1.165) is 18.4 Å². The van der Waals surface area contributed by atoms with Gasteiger partial charge < -0.3 is 0 Å². The fourth-order valence-corrected chi connectivity index (χ4v) is 4.01. The van der Waals surface area contributed by atoms with E-state index in [2.05, 4.69) is 10.5 Å². The molecule has 0 aromatic heterocycles. The van der Waals surface area contributed by atoms with Crippen molar-refractivity contribution in [3.63, 3.8) is 0 Å². The van der Waals surface area contributed by atoms with Crippen molar-refractivity contribution in [3.8, 4) is 0 Å². The molecule has 0 spiro atoms. The molecule has 0 radical (unpaired) electrons. The number of nitrogens with zero attached hydrogens (tertiary/aromatic N) is 3. The predicted octanol–water partition coefficient (Wildman–Crippen LogP) is 2.37. The Kier molecular flexibility index (Phi) is 3.54. The molecule has 1 N–H and O–H groups in total. The van der Waals surface area contributed by atoms with Crippen molar-refractivity contribution >= 4 is 23.8 Å². The topological polar surface area (TPSA) is 47.9 Å². The standard InChI is InChI=1S/C16H19ClN4O/c17-13-7-3-1-5-11(13)9-20-16(22)15-12-6-2-4-8-14(12)19-21(15)10-18-20/h1,3,5,7,10,12,14-15,19H,2,4,6,8-9H2. The molecule has 1 amide bonds. The van der Waals surface area contributed by atoms with Crippen molar-refractivity contribution in [1.82, 2.24) is 15.4 Å². The Morgan fingerprint density at radius 2 is 2.09 bits per heavy atom. The van der Waals surface area contributed by atoms with E-state index in [9.17, 15) is 4.79 Å². The van der Waals surface area contributed by atoms with Gasteiger partial charge in [-0.1, -0.05) is 42.6 Å². The lowest BCUT2D eigenvalue weighted by Crippen LogP contribution is -2.51. The Bertz CT molecular complexity index is 620. The van der Waals surface area contributed by atoms with Gasteiger partial charge in [-0.2, -0.15) is 5.10 Å². The number of hydrogen-bond donors (Lipinski definition) is 1. The minimum atomic E-state index is -0.120. The Balaban J connectivity index is 1.56. The molecule has 2 heterocycles. The van der Waals surface area contributed by atoms with Gasteiger partial charge in [-0.3, -0.25) is 9.80 Å². The van der Waals surface area contributed by atoms with Crippen LogP contribution in [0.2, 0.25) is 5.02 Å². The Morgan fingerprint density at radius 1 is 1.27 bits per heavy atom. The summed E-state index contributed by atoms with van der Waals surface area (Å²) in [4.78, 5) is 12.9. The van der Waals surface area contributed by atoms with Gasteiger partial charge in [0.05, 0.1) is 6.54 Å². The summed E-state index contributed by atoms with van der Waals surface area (Å²) < 4.78 is 0. The summed E-state index contributed by atoms with van der Waals surface area (Å²) in [5.74, 6) is 0.464. The summed E-state index contributed by atoms with van der Waals surface area (Å²) in [6.45, 7) is 0.427. The summed E-state index contributed by atoms with van der Waals surface area (Å²) in [6.07, 6.45) is 6.45. The van der Waals surface area contributed by atoms with Crippen LogP contribution in [0.5, 0.6) is 0 Å². The average Bonchev–Trinajstić information content (AvgIpc) is 2.91. The van der Waals surface area contributed by atoms with Gasteiger partial charge in [0.2, 0.25) is 0 Å². The summed E-state index contributed by atoms with van der Waals surface area (Å²) in [7, 11) is 0. The second-order valence-corrected chi connectivity index (χ2v) is 6.66. The van der Waals surface area contributed by atoms with E-state index >= 15 is 0 Å². The van der Waals surface area contributed by atoms with Gasteiger partial charge in [-0.05, 0) is 24.5 Å². The lowest BCUT2D eigenvalue weighted by atomic mass is 9.81. The number of rotatable bonds is 2. The molecule has 1 aromatic rings. The van der Waals surface area contributed by atoms with Crippen molar-refractivity contribution in [2.75, 3.05) is 0 Å². The minimum Gasteiger partial charge on any atom is -0.283 e. The summed E-state index contributed by atoms with van der Waals surface area (Å²) >= 11 is 6.20. The molecular weight excluding hydrogens is 300 g/mol. The van der Waals surface area contributed by atoms with Crippen molar-refractivity contribution in [1.29, 1.82) is 0 Å². The Hall–Kier alpha value is -1.59. The van der Waals surface area contributed by atoms with E-state index in [-0.39, 0.29) is 11.9 Å². The van der Waals surface area contributed by atoms with E-state index in [4.69, 9.17) is 11.6 Å². The molecule has 2 fully saturated rings. The zero-order valence-electron chi connectivity index (χ0n) is 12.3. The number of halogens is 1. The molecule has 0 bridgehead atoms. The van der Waals surface area contributed by atoms with Crippen LogP contribution in [-0.4, -0.2) is 34.3 Å².